The number of carbonyl (C=O) groups excluding carboxylic acids is 2. The molecule has 7 heteroatoms. The van der Waals surface area contributed by atoms with Crippen LogP contribution in [0.2, 0.25) is 0 Å². The van der Waals surface area contributed by atoms with Crippen LogP contribution in [0.3, 0.4) is 0 Å². The van der Waals surface area contributed by atoms with Crippen LogP contribution in [0.5, 0.6) is 0 Å². The smallest absolute Gasteiger partial charge is 0.306 e. The van der Waals surface area contributed by atoms with Gasteiger partial charge in [-0.25, -0.2) is 4.39 Å². The van der Waals surface area contributed by atoms with E-state index < -0.39 is 27.3 Å². The molecule has 0 bridgehead atoms. The number of alkyl halides is 3. The van der Waals surface area contributed by atoms with Crippen molar-refractivity contribution >= 4 is 52.1 Å². The molecule has 0 amide bonds. The first-order valence-electron chi connectivity index (χ1n) is 13.3. The minimum absolute atomic E-state index is 0.0102. The fraction of sp³-hybridized carbons (Fsp3) is 0.600. The Bertz CT molecular complexity index is 1180. The molecule has 0 unspecified atom stereocenters. The van der Waals surface area contributed by atoms with Gasteiger partial charge in [-0.3, -0.25) is 9.59 Å². The first-order valence-corrected chi connectivity index (χ1v) is 14.5. The van der Waals surface area contributed by atoms with Crippen LogP contribution in [-0.2, 0) is 14.3 Å². The molecule has 37 heavy (non-hydrogen) atoms. The molecule has 0 heterocycles. The molecule has 0 N–H and O–H groups in total. The number of rotatable bonds is 4. The summed E-state index contributed by atoms with van der Waals surface area (Å²) >= 11 is 21.6. The van der Waals surface area contributed by atoms with Gasteiger partial charge in [0.15, 0.2) is 0 Å². The number of benzene rings is 1. The molecule has 4 aliphatic carbocycles. The molecule has 9 atom stereocenters. The maximum absolute atomic E-state index is 16.2. The highest BCUT2D eigenvalue weighted by Gasteiger charge is 2.72. The van der Waals surface area contributed by atoms with E-state index in [1.54, 1.807) is 0 Å². The largest absolute Gasteiger partial charge is 0.461 e. The van der Waals surface area contributed by atoms with Gasteiger partial charge < -0.3 is 4.74 Å². The summed E-state index contributed by atoms with van der Waals surface area (Å²) in [6, 6.07) is 9.28. The maximum Gasteiger partial charge on any atom is 0.306 e. The Kier molecular flexibility index (Phi) is 6.90. The van der Waals surface area contributed by atoms with E-state index in [-0.39, 0.29) is 52.6 Å². The molecule has 0 aromatic heterocycles. The number of fused-ring (bicyclic) bond motifs is 5. The number of esters is 1. The van der Waals surface area contributed by atoms with Gasteiger partial charge in [-0.2, -0.15) is 0 Å². The lowest BCUT2D eigenvalue weighted by molar-refractivity contribution is -0.161. The van der Waals surface area contributed by atoms with E-state index in [4.69, 9.17) is 39.5 Å². The summed E-state index contributed by atoms with van der Waals surface area (Å²) in [7, 11) is 0. The first-order chi connectivity index (χ1) is 17.4. The van der Waals surface area contributed by atoms with E-state index >= 15 is 4.39 Å². The average molecular weight is 568 g/mol. The molecular formula is C30H34Cl3FO3. The molecule has 1 aromatic rings. The Balaban J connectivity index is 1.62. The van der Waals surface area contributed by atoms with Crippen LogP contribution in [0.1, 0.15) is 65.4 Å². The van der Waals surface area contributed by atoms with E-state index in [9.17, 15) is 9.59 Å². The molecule has 3 saturated carbocycles. The number of ketones is 1. The number of Topliss-reactive ketones (excluding diaryl/α,β-unsaturated/α-hetero) is 1. The molecule has 200 valence electrons. The summed E-state index contributed by atoms with van der Waals surface area (Å²) in [4.78, 5) is 24.8. The Hall–Kier alpha value is -1.36. The SMILES string of the molecule is CCCC(=O)O[C@@H]1[C@H](C)C[C@H]2[C@@H]3C[C@H](F)C4=C(Cl)C(=O)C(c5ccccc5)=C[C@]4(C)[C@@]3(Cl)[C@@H](Cl)C[C@]12C. The van der Waals surface area contributed by atoms with Crippen molar-refractivity contribution in [1.82, 2.24) is 0 Å². The summed E-state index contributed by atoms with van der Waals surface area (Å²) in [6.07, 6.45) is 2.63. The van der Waals surface area contributed by atoms with E-state index in [0.717, 1.165) is 12.8 Å². The summed E-state index contributed by atoms with van der Waals surface area (Å²) in [6.45, 7) is 8.06. The van der Waals surface area contributed by atoms with E-state index in [1.807, 2.05) is 50.3 Å². The van der Waals surface area contributed by atoms with Crippen molar-refractivity contribution in [2.24, 2.45) is 28.6 Å². The second-order valence-electron chi connectivity index (χ2n) is 11.9. The number of carbonyl (C=O) groups is 2. The Labute approximate surface area is 233 Å². The molecule has 5 rings (SSSR count). The summed E-state index contributed by atoms with van der Waals surface area (Å²) in [5.74, 6) is -0.759. The van der Waals surface area contributed by atoms with Gasteiger partial charge in [-0.05, 0) is 54.6 Å². The van der Waals surface area contributed by atoms with Crippen LogP contribution in [0, 0.1) is 28.6 Å². The normalized spacial score (nSPS) is 43.0. The fourth-order valence-electron chi connectivity index (χ4n) is 8.16. The third-order valence-electron chi connectivity index (χ3n) is 9.78. The van der Waals surface area contributed by atoms with Crippen molar-refractivity contribution < 1.29 is 18.7 Å². The van der Waals surface area contributed by atoms with Crippen LogP contribution in [0.25, 0.3) is 5.57 Å². The van der Waals surface area contributed by atoms with Gasteiger partial charge in [0.1, 0.15) is 12.3 Å². The molecule has 0 radical (unpaired) electrons. The summed E-state index contributed by atoms with van der Waals surface area (Å²) in [5, 5.41) is -0.644. The van der Waals surface area contributed by atoms with Gasteiger partial charge in [-0.1, -0.05) is 75.7 Å². The molecule has 3 nitrogen and oxygen atoms in total. The van der Waals surface area contributed by atoms with Gasteiger partial charge in [0.05, 0.1) is 15.3 Å². The summed E-state index contributed by atoms with van der Waals surface area (Å²) in [5.41, 5.74) is -0.103. The molecular weight excluding hydrogens is 534 g/mol. The third-order valence-corrected chi connectivity index (χ3v) is 11.7. The number of ether oxygens (including phenoxy) is 1. The number of hydrogen-bond acceptors (Lipinski definition) is 3. The van der Waals surface area contributed by atoms with Crippen LogP contribution in [0.15, 0.2) is 47.0 Å². The predicted molar refractivity (Wildman–Crippen MR) is 146 cm³/mol. The number of hydrogen-bond donors (Lipinski definition) is 0. The van der Waals surface area contributed by atoms with E-state index in [1.165, 1.54) is 0 Å². The Morgan fingerprint density at radius 2 is 1.84 bits per heavy atom. The zero-order valence-electron chi connectivity index (χ0n) is 21.7. The maximum atomic E-state index is 16.2. The zero-order valence-corrected chi connectivity index (χ0v) is 24.0. The zero-order chi connectivity index (χ0) is 26.9. The van der Waals surface area contributed by atoms with Crippen molar-refractivity contribution in [2.45, 2.75) is 82.3 Å². The quantitative estimate of drug-likeness (QED) is 0.275. The lowest BCUT2D eigenvalue weighted by atomic mass is 9.47. The van der Waals surface area contributed by atoms with Crippen LogP contribution in [0.4, 0.5) is 4.39 Å². The van der Waals surface area contributed by atoms with E-state index in [0.29, 0.717) is 24.0 Å². The summed E-state index contributed by atoms with van der Waals surface area (Å²) < 4.78 is 22.2. The molecule has 0 aliphatic heterocycles. The van der Waals surface area contributed by atoms with E-state index in [2.05, 4.69) is 13.8 Å². The predicted octanol–water partition coefficient (Wildman–Crippen LogP) is 7.87. The van der Waals surface area contributed by atoms with Gasteiger partial charge >= 0.3 is 5.97 Å². The van der Waals surface area contributed by atoms with Gasteiger partial charge in [0.2, 0.25) is 5.78 Å². The highest BCUT2D eigenvalue weighted by atomic mass is 35.5. The topological polar surface area (TPSA) is 43.4 Å². The van der Waals surface area contributed by atoms with Gasteiger partial charge in [0.25, 0.3) is 0 Å². The van der Waals surface area contributed by atoms with Crippen LogP contribution >= 0.6 is 34.8 Å². The minimum Gasteiger partial charge on any atom is -0.461 e. The van der Waals surface area contributed by atoms with Crippen molar-refractivity contribution in [1.29, 1.82) is 0 Å². The monoisotopic (exact) mass is 566 g/mol. The number of allylic oxidation sites excluding steroid dienone is 4. The second kappa shape index (κ2) is 9.38. The standard InChI is InChI=1S/C30H34Cl3FO3/c1-5-9-23(35)37-27-16(2)12-19-20-13-21(34)24-25(32)26(36)18(17-10-7-6-8-11-17)14-29(24,4)30(20,33)22(31)15-28(19,27)3/h6-8,10-11,14,16,19-22,27H,5,9,12-13,15H2,1-4H3/t16-,19+,20+,21+,22+,27-,28+,29+,30+/m1/s1. The molecule has 0 spiro atoms. The molecule has 4 aliphatic rings. The van der Waals surface area contributed by atoms with Gasteiger partial charge in [0, 0.05) is 22.8 Å². The lowest BCUT2D eigenvalue weighted by Gasteiger charge is -2.63. The molecule has 3 fully saturated rings. The first kappa shape index (κ1) is 27.2. The van der Waals surface area contributed by atoms with Crippen molar-refractivity contribution in [3.8, 4) is 0 Å². The molecule has 1 aromatic carbocycles. The fourth-order valence-corrected chi connectivity index (χ4v) is 9.77. The van der Waals surface area contributed by atoms with Crippen LogP contribution < -0.4 is 0 Å². The van der Waals surface area contributed by atoms with Crippen molar-refractivity contribution in [3.63, 3.8) is 0 Å². The highest BCUT2D eigenvalue weighted by molar-refractivity contribution is 6.52. The Morgan fingerprint density at radius 1 is 1.16 bits per heavy atom. The number of halogens is 4. The third kappa shape index (κ3) is 3.79. The van der Waals surface area contributed by atoms with Crippen molar-refractivity contribution in [2.75, 3.05) is 0 Å². The van der Waals surface area contributed by atoms with Crippen LogP contribution in [-0.4, -0.2) is 34.3 Å². The average Bonchev–Trinajstić information content (AvgIpc) is 3.08. The van der Waals surface area contributed by atoms with Gasteiger partial charge in [-0.15, -0.1) is 23.2 Å². The van der Waals surface area contributed by atoms with Crippen molar-refractivity contribution in [3.05, 3.63) is 52.6 Å². The Morgan fingerprint density at radius 3 is 2.49 bits per heavy atom. The second-order valence-corrected chi connectivity index (χ2v) is 13.4. The highest BCUT2D eigenvalue weighted by Crippen LogP contribution is 2.71. The molecule has 0 saturated heterocycles. The lowest BCUT2D eigenvalue weighted by Crippen LogP contribution is -2.67. The minimum atomic E-state index is -1.42.